The van der Waals surface area contributed by atoms with E-state index in [2.05, 4.69) is 15.0 Å². The van der Waals surface area contributed by atoms with Crippen LogP contribution in [0, 0.1) is 25.2 Å². The van der Waals surface area contributed by atoms with Crippen LogP contribution in [-0.2, 0) is 0 Å². The number of hydrogen-bond acceptors (Lipinski definition) is 7. The predicted octanol–water partition coefficient (Wildman–Crippen LogP) is 0.956. The average molecular weight is 386 g/mol. The van der Waals surface area contributed by atoms with Crippen LogP contribution < -0.4 is 4.90 Å². The van der Waals surface area contributed by atoms with Gasteiger partial charge in [-0.15, -0.1) is 0 Å². The molecule has 2 saturated heterocycles. The van der Waals surface area contributed by atoms with E-state index in [4.69, 9.17) is 9.63 Å². The SMILES string of the molecule is Cc1noc(C)c1C(=O)N1C[C@@H]2CN(c3ccnc(C(=O)O)c3)C[C@]2(CO)C1. The molecule has 2 N–H and O–H groups in total. The molecule has 0 aromatic carbocycles. The number of aliphatic hydroxyl groups is 1. The molecule has 0 saturated carbocycles. The maximum absolute atomic E-state index is 13.0. The van der Waals surface area contributed by atoms with Crippen molar-refractivity contribution in [1.82, 2.24) is 15.0 Å². The Morgan fingerprint density at radius 1 is 1.32 bits per heavy atom. The fourth-order valence-electron chi connectivity index (χ4n) is 4.43. The number of aromatic carboxylic acids is 1. The van der Waals surface area contributed by atoms with Gasteiger partial charge >= 0.3 is 5.97 Å². The van der Waals surface area contributed by atoms with Crippen molar-refractivity contribution in [2.75, 3.05) is 37.7 Å². The number of fused-ring (bicyclic) bond motifs is 1. The van der Waals surface area contributed by atoms with Crippen LogP contribution in [0.1, 0.15) is 32.3 Å². The standard InChI is InChI=1S/C19H22N4O5/c1-11-16(12(2)28-21-11)17(25)23-7-13-6-22(8-19(13,9-23)10-24)14-3-4-20-15(5-14)18(26)27/h3-5,13,24H,6-10H2,1-2H3,(H,26,27)/t13-,19+/m0/s1. The fourth-order valence-corrected chi connectivity index (χ4v) is 4.43. The zero-order valence-electron chi connectivity index (χ0n) is 15.8. The normalized spacial score (nSPS) is 23.9. The van der Waals surface area contributed by atoms with Gasteiger partial charge < -0.3 is 24.5 Å². The van der Waals surface area contributed by atoms with Crippen molar-refractivity contribution in [3.8, 4) is 0 Å². The highest BCUT2D eigenvalue weighted by molar-refractivity contribution is 5.96. The van der Waals surface area contributed by atoms with E-state index < -0.39 is 11.4 Å². The highest BCUT2D eigenvalue weighted by atomic mass is 16.5. The summed E-state index contributed by atoms with van der Waals surface area (Å²) >= 11 is 0. The van der Waals surface area contributed by atoms with Crippen molar-refractivity contribution >= 4 is 17.6 Å². The zero-order valence-corrected chi connectivity index (χ0v) is 15.8. The molecule has 148 valence electrons. The van der Waals surface area contributed by atoms with Gasteiger partial charge in [0.25, 0.3) is 5.91 Å². The lowest BCUT2D eigenvalue weighted by Crippen LogP contribution is -2.39. The van der Waals surface area contributed by atoms with Crippen molar-refractivity contribution in [3.05, 3.63) is 41.0 Å². The summed E-state index contributed by atoms with van der Waals surface area (Å²) in [5, 5.41) is 23.2. The highest BCUT2D eigenvalue weighted by Gasteiger charge is 2.53. The molecule has 1 amide bonds. The number of aromatic nitrogens is 2. The van der Waals surface area contributed by atoms with E-state index in [0.29, 0.717) is 43.2 Å². The molecule has 4 rings (SSSR count). The maximum Gasteiger partial charge on any atom is 0.354 e. The Labute approximate surface area is 161 Å². The summed E-state index contributed by atoms with van der Waals surface area (Å²) < 4.78 is 5.12. The topological polar surface area (TPSA) is 120 Å². The number of carboxylic acids is 1. The van der Waals surface area contributed by atoms with Gasteiger partial charge in [0, 0.05) is 49.4 Å². The molecule has 2 atom stereocenters. The molecule has 2 aromatic heterocycles. The molecule has 0 unspecified atom stereocenters. The van der Waals surface area contributed by atoms with Crippen molar-refractivity contribution in [1.29, 1.82) is 0 Å². The molecule has 0 spiro atoms. The number of nitrogens with zero attached hydrogens (tertiary/aromatic N) is 4. The van der Waals surface area contributed by atoms with Crippen LogP contribution in [0.5, 0.6) is 0 Å². The number of amides is 1. The zero-order chi connectivity index (χ0) is 20.1. The minimum atomic E-state index is -1.07. The molecular formula is C19H22N4O5. The molecule has 2 fully saturated rings. The van der Waals surface area contributed by atoms with Gasteiger partial charge in [-0.3, -0.25) is 4.79 Å². The number of hydrogen-bond donors (Lipinski definition) is 2. The molecule has 2 aliphatic rings. The average Bonchev–Trinajstić information content (AvgIpc) is 3.31. The van der Waals surface area contributed by atoms with E-state index in [1.54, 1.807) is 30.9 Å². The smallest absolute Gasteiger partial charge is 0.354 e. The third-order valence-electron chi connectivity index (χ3n) is 5.94. The first-order valence-corrected chi connectivity index (χ1v) is 9.12. The van der Waals surface area contributed by atoms with Gasteiger partial charge in [0.1, 0.15) is 17.0 Å². The Hall–Kier alpha value is -2.94. The molecule has 9 heteroatoms. The summed E-state index contributed by atoms with van der Waals surface area (Å²) in [6.07, 6.45) is 1.48. The summed E-state index contributed by atoms with van der Waals surface area (Å²) in [6, 6.07) is 3.31. The number of aryl methyl sites for hydroxylation is 2. The Balaban J connectivity index is 1.55. The second-order valence-corrected chi connectivity index (χ2v) is 7.69. The van der Waals surface area contributed by atoms with Gasteiger partial charge in [0.15, 0.2) is 0 Å². The molecule has 0 bridgehead atoms. The fraction of sp³-hybridized carbons (Fsp3) is 0.474. The van der Waals surface area contributed by atoms with Crippen molar-refractivity contribution < 1.29 is 24.3 Å². The van der Waals surface area contributed by atoms with Gasteiger partial charge in [0.05, 0.1) is 12.3 Å². The molecular weight excluding hydrogens is 364 g/mol. The number of carbonyl (C=O) groups excluding carboxylic acids is 1. The molecule has 4 heterocycles. The van der Waals surface area contributed by atoms with Gasteiger partial charge in [-0.1, -0.05) is 5.16 Å². The van der Waals surface area contributed by atoms with Crippen LogP contribution in [0.2, 0.25) is 0 Å². The number of aliphatic hydroxyl groups excluding tert-OH is 1. The molecule has 2 aromatic rings. The largest absolute Gasteiger partial charge is 0.477 e. The minimum absolute atomic E-state index is 0.0113. The van der Waals surface area contributed by atoms with E-state index in [9.17, 15) is 14.7 Å². The van der Waals surface area contributed by atoms with Gasteiger partial charge in [-0.25, -0.2) is 9.78 Å². The van der Waals surface area contributed by atoms with Gasteiger partial charge in [-0.05, 0) is 26.0 Å². The van der Waals surface area contributed by atoms with Crippen LogP contribution in [0.4, 0.5) is 5.69 Å². The van der Waals surface area contributed by atoms with E-state index in [1.165, 1.54) is 6.20 Å². The summed E-state index contributed by atoms with van der Waals surface area (Å²) in [7, 11) is 0. The monoisotopic (exact) mass is 386 g/mol. The second-order valence-electron chi connectivity index (χ2n) is 7.69. The minimum Gasteiger partial charge on any atom is -0.477 e. The van der Waals surface area contributed by atoms with Crippen LogP contribution >= 0.6 is 0 Å². The lowest BCUT2D eigenvalue weighted by molar-refractivity contribution is 0.0688. The van der Waals surface area contributed by atoms with Crippen LogP contribution in [0.3, 0.4) is 0 Å². The Morgan fingerprint density at radius 3 is 2.71 bits per heavy atom. The van der Waals surface area contributed by atoms with Crippen molar-refractivity contribution in [2.24, 2.45) is 11.3 Å². The first kappa shape index (κ1) is 18.4. The lowest BCUT2D eigenvalue weighted by Gasteiger charge is -2.28. The summed E-state index contributed by atoms with van der Waals surface area (Å²) in [5.74, 6) is -0.614. The van der Waals surface area contributed by atoms with E-state index in [1.807, 2.05) is 0 Å². The number of rotatable bonds is 4. The van der Waals surface area contributed by atoms with Crippen LogP contribution in [0.15, 0.2) is 22.9 Å². The first-order chi connectivity index (χ1) is 13.3. The predicted molar refractivity (Wildman–Crippen MR) is 98.3 cm³/mol. The summed E-state index contributed by atoms with van der Waals surface area (Å²) in [5.41, 5.74) is 1.37. The quantitative estimate of drug-likeness (QED) is 0.797. The first-order valence-electron chi connectivity index (χ1n) is 9.12. The van der Waals surface area contributed by atoms with Gasteiger partial charge in [0.2, 0.25) is 0 Å². The van der Waals surface area contributed by atoms with E-state index in [-0.39, 0.29) is 24.1 Å². The Bertz CT molecular complexity index is 923. The molecule has 0 aliphatic carbocycles. The van der Waals surface area contributed by atoms with Gasteiger partial charge in [-0.2, -0.15) is 0 Å². The number of carboxylic acid groups (broad SMARTS) is 1. The molecule has 28 heavy (non-hydrogen) atoms. The molecule has 0 radical (unpaired) electrons. The number of anilines is 1. The second kappa shape index (κ2) is 6.59. The molecule has 9 nitrogen and oxygen atoms in total. The Kier molecular flexibility index (Phi) is 4.34. The summed E-state index contributed by atoms with van der Waals surface area (Å²) in [4.78, 5) is 31.8. The number of carbonyl (C=O) groups is 2. The third kappa shape index (κ3) is 2.82. The third-order valence-corrected chi connectivity index (χ3v) is 5.94. The lowest BCUT2D eigenvalue weighted by atomic mass is 9.82. The van der Waals surface area contributed by atoms with Crippen LogP contribution in [0.25, 0.3) is 0 Å². The van der Waals surface area contributed by atoms with Crippen molar-refractivity contribution in [2.45, 2.75) is 13.8 Å². The summed E-state index contributed by atoms with van der Waals surface area (Å²) in [6.45, 7) is 5.56. The van der Waals surface area contributed by atoms with Crippen molar-refractivity contribution in [3.63, 3.8) is 0 Å². The van der Waals surface area contributed by atoms with E-state index >= 15 is 0 Å². The molecule has 2 aliphatic heterocycles. The number of pyridine rings is 1. The maximum atomic E-state index is 13.0. The Morgan fingerprint density at radius 2 is 2.11 bits per heavy atom. The van der Waals surface area contributed by atoms with Crippen LogP contribution in [-0.4, -0.2) is 69.9 Å². The van der Waals surface area contributed by atoms with E-state index in [0.717, 1.165) is 5.69 Å². The highest BCUT2D eigenvalue weighted by Crippen LogP contribution is 2.44. The number of likely N-dealkylation sites (tertiary alicyclic amines) is 1.